The van der Waals surface area contributed by atoms with Crippen molar-refractivity contribution < 1.29 is 89.4 Å². The number of aliphatic hydroxyl groups excluding tert-OH is 11. The van der Waals surface area contributed by atoms with Gasteiger partial charge in [-0.15, -0.1) is 0 Å². The summed E-state index contributed by atoms with van der Waals surface area (Å²) in [6.45, 7) is 1.63. The van der Waals surface area contributed by atoms with Gasteiger partial charge in [-0.05, 0) is 44.9 Å². The topological polar surface area (TPSA) is 307 Å². The molecule has 0 saturated carbocycles. The van der Waals surface area contributed by atoms with Crippen molar-refractivity contribution in [1.29, 1.82) is 0 Å². The zero-order valence-corrected chi connectivity index (χ0v) is 42.4. The zero-order chi connectivity index (χ0) is 52.0. The molecule has 0 aromatic heterocycles. The number of amides is 1. The van der Waals surface area contributed by atoms with Crippen LogP contribution in [0.15, 0.2) is 36.5 Å². The van der Waals surface area contributed by atoms with Crippen LogP contribution >= 0.6 is 0 Å². The average Bonchev–Trinajstić information content (AvgIpc) is 3.36. The van der Waals surface area contributed by atoms with Crippen molar-refractivity contribution in [1.82, 2.24) is 5.32 Å². The first kappa shape index (κ1) is 63.3. The van der Waals surface area contributed by atoms with Gasteiger partial charge in [-0.2, -0.15) is 0 Å². The fourth-order valence-electron chi connectivity index (χ4n) is 8.93. The van der Waals surface area contributed by atoms with E-state index >= 15 is 0 Å². The lowest BCUT2D eigenvalue weighted by atomic mass is 9.96. The second kappa shape index (κ2) is 36.9. The lowest BCUT2D eigenvalue weighted by Gasteiger charge is -2.48. The third-order valence-corrected chi connectivity index (χ3v) is 13.4. The highest BCUT2D eigenvalue weighted by molar-refractivity contribution is 5.76. The van der Waals surface area contributed by atoms with Crippen molar-refractivity contribution in [3.63, 3.8) is 0 Å². The molecule has 17 unspecified atom stereocenters. The number of ether oxygens (including phenoxy) is 6. The normalized spacial score (nSPS) is 32.5. The number of rotatable bonds is 37. The van der Waals surface area contributed by atoms with Gasteiger partial charge >= 0.3 is 0 Å². The molecule has 0 aromatic rings. The van der Waals surface area contributed by atoms with Crippen LogP contribution in [-0.2, 0) is 33.2 Å². The summed E-state index contributed by atoms with van der Waals surface area (Å²) in [5.41, 5.74) is 0. The van der Waals surface area contributed by atoms with Gasteiger partial charge in [0, 0.05) is 6.42 Å². The minimum Gasteiger partial charge on any atom is -0.394 e. The molecule has 0 aliphatic carbocycles. The molecule has 0 spiro atoms. The number of carbonyl (C=O) groups excluding carboxylic acids is 1. The van der Waals surface area contributed by atoms with Gasteiger partial charge in [-0.25, -0.2) is 0 Å². The van der Waals surface area contributed by atoms with Crippen molar-refractivity contribution in [3.05, 3.63) is 36.5 Å². The minimum absolute atomic E-state index is 0.234. The van der Waals surface area contributed by atoms with Crippen LogP contribution in [0.4, 0.5) is 0 Å². The smallest absolute Gasteiger partial charge is 0.220 e. The maximum absolute atomic E-state index is 13.2. The van der Waals surface area contributed by atoms with Crippen LogP contribution in [0.5, 0.6) is 0 Å². The van der Waals surface area contributed by atoms with E-state index in [1.54, 1.807) is 6.08 Å². The first-order valence-electron chi connectivity index (χ1n) is 26.7. The third kappa shape index (κ3) is 22.4. The standard InChI is InChI=1S/C52H93NO18/c1-3-5-7-9-11-13-15-17-18-19-21-23-25-27-29-36(57)35(53-40(58)30-28-26-24-22-20-16-14-12-10-8-6-4-2)34-66-50-46(64)43(61)48(38(32-55)68-50)71-52-47(65)44(62)49(39(33-56)69-52)70-51-45(63)42(60)41(59)37(31-54)67-51/h13,15,19,21,27,29,35-39,41-52,54-57,59-65H,3-12,14,16-18,20,22-26,28,30-34H2,1-2H3,(H,53,58)/b15-13+,21-19+,29-27+. The minimum atomic E-state index is -1.98. The van der Waals surface area contributed by atoms with Gasteiger partial charge in [-0.1, -0.05) is 140 Å². The molecule has 17 atom stereocenters. The molecule has 3 aliphatic rings. The predicted molar refractivity (Wildman–Crippen MR) is 263 cm³/mol. The summed E-state index contributed by atoms with van der Waals surface area (Å²) in [5.74, 6) is -0.293. The number of unbranched alkanes of at least 4 members (excludes halogenated alkanes) is 17. The van der Waals surface area contributed by atoms with Crippen molar-refractivity contribution in [2.75, 3.05) is 26.4 Å². The lowest BCUT2D eigenvalue weighted by molar-refractivity contribution is -0.379. The van der Waals surface area contributed by atoms with Crippen molar-refractivity contribution in [2.24, 2.45) is 0 Å². The summed E-state index contributed by atoms with van der Waals surface area (Å²) < 4.78 is 34.1. The van der Waals surface area contributed by atoms with Gasteiger partial charge < -0.3 is 89.9 Å². The summed E-state index contributed by atoms with van der Waals surface area (Å²) in [6.07, 6.45) is 8.60. The molecule has 19 heteroatoms. The molecular formula is C52H93NO18. The molecule has 1 amide bonds. The molecule has 0 radical (unpaired) electrons. The second-order valence-electron chi connectivity index (χ2n) is 19.3. The molecule has 3 heterocycles. The van der Waals surface area contributed by atoms with Crippen LogP contribution in [0.25, 0.3) is 0 Å². The van der Waals surface area contributed by atoms with E-state index in [-0.39, 0.29) is 18.9 Å². The Kier molecular flexibility index (Phi) is 32.9. The zero-order valence-electron chi connectivity index (χ0n) is 42.4. The Balaban J connectivity index is 1.57. The summed E-state index contributed by atoms with van der Waals surface area (Å²) in [5, 5.41) is 120. The van der Waals surface area contributed by atoms with Gasteiger partial charge in [0.05, 0.1) is 38.6 Å². The Morgan fingerprint density at radius 2 is 0.901 bits per heavy atom. The Hall–Kier alpha value is -1.99. The summed E-state index contributed by atoms with van der Waals surface area (Å²) >= 11 is 0. The molecule has 12 N–H and O–H groups in total. The van der Waals surface area contributed by atoms with E-state index in [1.807, 2.05) is 6.08 Å². The molecule has 3 saturated heterocycles. The number of allylic oxidation sites excluding steroid dienone is 5. The summed E-state index contributed by atoms with van der Waals surface area (Å²) in [7, 11) is 0. The van der Waals surface area contributed by atoms with E-state index < -0.39 is 124 Å². The summed E-state index contributed by atoms with van der Waals surface area (Å²) in [4.78, 5) is 13.2. The van der Waals surface area contributed by atoms with Crippen molar-refractivity contribution in [2.45, 2.75) is 259 Å². The second-order valence-corrected chi connectivity index (χ2v) is 19.3. The van der Waals surface area contributed by atoms with Crippen LogP contribution in [0.2, 0.25) is 0 Å². The van der Waals surface area contributed by atoms with Gasteiger partial charge in [-0.3, -0.25) is 4.79 Å². The van der Waals surface area contributed by atoms with Crippen LogP contribution < -0.4 is 5.32 Å². The first-order valence-corrected chi connectivity index (χ1v) is 26.7. The number of hydrogen-bond donors (Lipinski definition) is 12. The third-order valence-electron chi connectivity index (χ3n) is 13.4. The van der Waals surface area contributed by atoms with E-state index in [9.17, 15) is 61.0 Å². The molecular weight excluding hydrogens is 927 g/mol. The van der Waals surface area contributed by atoms with E-state index in [0.29, 0.717) is 12.8 Å². The highest BCUT2D eigenvalue weighted by Gasteiger charge is 2.53. The van der Waals surface area contributed by atoms with Gasteiger partial charge in [0.25, 0.3) is 0 Å². The number of aliphatic hydroxyl groups is 11. The maximum atomic E-state index is 13.2. The van der Waals surface area contributed by atoms with Crippen LogP contribution in [0.3, 0.4) is 0 Å². The average molecular weight is 1020 g/mol. The largest absolute Gasteiger partial charge is 0.394 e. The Labute approximate surface area is 421 Å². The Morgan fingerprint density at radius 3 is 1.41 bits per heavy atom. The van der Waals surface area contributed by atoms with E-state index in [1.165, 1.54) is 77.0 Å². The SMILES string of the molecule is CCCCCC/C=C/CC/C=C/CC/C=C/C(O)C(COC1OC(CO)C(OC2OC(CO)C(OC3OC(CO)C(O)C(O)C3O)C(O)C2O)C(O)C1O)NC(=O)CCCCCCCCCCCCCC. The lowest BCUT2D eigenvalue weighted by Crippen LogP contribution is -2.66. The Bertz CT molecular complexity index is 1450. The quantitative estimate of drug-likeness (QED) is 0.0314. The molecule has 3 fully saturated rings. The van der Waals surface area contributed by atoms with Gasteiger partial charge in [0.1, 0.15) is 73.2 Å². The number of nitrogens with one attached hydrogen (secondary N) is 1. The molecule has 3 rings (SSSR count). The van der Waals surface area contributed by atoms with Crippen LogP contribution in [0.1, 0.15) is 155 Å². The highest BCUT2D eigenvalue weighted by Crippen LogP contribution is 2.33. The predicted octanol–water partition coefficient (Wildman–Crippen LogP) is 2.59. The van der Waals surface area contributed by atoms with Crippen LogP contribution in [-0.4, -0.2) is 193 Å². The van der Waals surface area contributed by atoms with Crippen molar-refractivity contribution >= 4 is 5.91 Å². The Morgan fingerprint density at radius 1 is 0.493 bits per heavy atom. The molecule has 414 valence electrons. The van der Waals surface area contributed by atoms with E-state index in [0.717, 1.165) is 44.9 Å². The molecule has 3 aliphatic heterocycles. The number of hydrogen-bond acceptors (Lipinski definition) is 18. The van der Waals surface area contributed by atoms with Gasteiger partial charge in [0.15, 0.2) is 18.9 Å². The van der Waals surface area contributed by atoms with Crippen LogP contribution in [0, 0.1) is 0 Å². The summed E-state index contributed by atoms with van der Waals surface area (Å²) in [6, 6.07) is -0.990. The monoisotopic (exact) mass is 1020 g/mol. The molecule has 0 aromatic carbocycles. The fourth-order valence-corrected chi connectivity index (χ4v) is 8.93. The fraction of sp³-hybridized carbons (Fsp3) is 0.865. The molecule has 71 heavy (non-hydrogen) atoms. The first-order chi connectivity index (χ1) is 34.3. The molecule has 0 bridgehead atoms. The van der Waals surface area contributed by atoms with Gasteiger partial charge in [0.2, 0.25) is 5.91 Å². The van der Waals surface area contributed by atoms with Crippen molar-refractivity contribution in [3.8, 4) is 0 Å². The van der Waals surface area contributed by atoms with E-state index in [4.69, 9.17) is 28.4 Å². The van der Waals surface area contributed by atoms with E-state index in [2.05, 4.69) is 43.5 Å². The highest BCUT2D eigenvalue weighted by atomic mass is 16.8. The number of carbonyl (C=O) groups is 1. The molecule has 19 nitrogen and oxygen atoms in total. The maximum Gasteiger partial charge on any atom is 0.220 e.